The van der Waals surface area contributed by atoms with Crippen LogP contribution in [0.3, 0.4) is 0 Å². The van der Waals surface area contributed by atoms with E-state index in [0.29, 0.717) is 17.9 Å². The van der Waals surface area contributed by atoms with Gasteiger partial charge in [-0.1, -0.05) is 6.07 Å². The van der Waals surface area contributed by atoms with Gasteiger partial charge in [-0.3, -0.25) is 9.89 Å². The zero-order valence-corrected chi connectivity index (χ0v) is 11.8. The van der Waals surface area contributed by atoms with Gasteiger partial charge in [0, 0.05) is 17.8 Å². The number of nitrogens with zero attached hydrogens (tertiary/aromatic N) is 1. The summed E-state index contributed by atoms with van der Waals surface area (Å²) in [4.78, 5) is 12.0. The minimum atomic E-state index is -0.0761. The number of amides is 1. The number of rotatable bonds is 6. The molecule has 106 valence electrons. The lowest BCUT2D eigenvalue weighted by Crippen LogP contribution is -2.24. The van der Waals surface area contributed by atoms with E-state index in [4.69, 9.17) is 4.74 Å². The molecule has 2 N–H and O–H groups in total. The molecule has 1 heterocycles. The molecule has 1 aromatic carbocycles. The van der Waals surface area contributed by atoms with Gasteiger partial charge in [0.1, 0.15) is 5.75 Å². The highest BCUT2D eigenvalue weighted by atomic mass is 16.5. The Morgan fingerprint density at radius 3 is 3.00 bits per heavy atom. The molecule has 0 fully saturated rings. The number of aromatic nitrogens is 2. The van der Waals surface area contributed by atoms with Gasteiger partial charge in [0.25, 0.3) is 5.91 Å². The topological polar surface area (TPSA) is 67.0 Å². The number of aromatic amines is 1. The Labute approximate surface area is 118 Å². The molecule has 0 saturated heterocycles. The zero-order chi connectivity index (χ0) is 14.4. The Hall–Kier alpha value is -2.30. The van der Waals surface area contributed by atoms with Crippen molar-refractivity contribution in [3.05, 3.63) is 47.3 Å². The number of hydrogen-bond acceptors (Lipinski definition) is 3. The molecular weight excluding hydrogens is 254 g/mol. The first kappa shape index (κ1) is 14.1. The number of carbonyl (C=O) groups is 1. The minimum Gasteiger partial charge on any atom is -0.497 e. The van der Waals surface area contributed by atoms with Crippen LogP contribution in [0, 0.1) is 6.92 Å². The number of methoxy groups -OCH3 is 1. The number of aryl methyl sites for hydroxylation is 2. The van der Waals surface area contributed by atoms with E-state index in [9.17, 15) is 4.79 Å². The van der Waals surface area contributed by atoms with E-state index in [0.717, 1.165) is 18.5 Å². The monoisotopic (exact) mass is 273 g/mol. The third-order valence-electron chi connectivity index (χ3n) is 3.17. The predicted molar refractivity (Wildman–Crippen MR) is 77.0 cm³/mol. The van der Waals surface area contributed by atoms with Gasteiger partial charge < -0.3 is 10.1 Å². The summed E-state index contributed by atoms with van der Waals surface area (Å²) in [5.41, 5.74) is 2.90. The Bertz CT molecular complexity index is 578. The van der Waals surface area contributed by atoms with Crippen LogP contribution in [0.2, 0.25) is 0 Å². The first-order valence-corrected chi connectivity index (χ1v) is 6.62. The Kier molecular flexibility index (Phi) is 4.76. The molecule has 5 heteroatoms. The van der Waals surface area contributed by atoms with Gasteiger partial charge in [-0.15, -0.1) is 0 Å². The van der Waals surface area contributed by atoms with Crippen molar-refractivity contribution < 1.29 is 9.53 Å². The SMILES string of the molecule is COc1cccc(C(=O)NCCCc2cn[nH]c2C)c1. The smallest absolute Gasteiger partial charge is 0.251 e. The molecule has 0 atom stereocenters. The summed E-state index contributed by atoms with van der Waals surface area (Å²) in [5.74, 6) is 0.611. The molecule has 0 radical (unpaired) electrons. The van der Waals surface area contributed by atoms with Gasteiger partial charge in [0.05, 0.1) is 13.3 Å². The highest BCUT2D eigenvalue weighted by Gasteiger charge is 2.06. The van der Waals surface area contributed by atoms with E-state index in [1.165, 1.54) is 5.56 Å². The normalized spacial score (nSPS) is 10.3. The summed E-state index contributed by atoms with van der Waals surface area (Å²) in [5, 5.41) is 9.79. The molecule has 0 aliphatic rings. The molecule has 0 aliphatic carbocycles. The van der Waals surface area contributed by atoms with E-state index in [1.54, 1.807) is 19.2 Å². The van der Waals surface area contributed by atoms with Gasteiger partial charge >= 0.3 is 0 Å². The molecule has 20 heavy (non-hydrogen) atoms. The van der Waals surface area contributed by atoms with E-state index in [2.05, 4.69) is 15.5 Å². The fourth-order valence-corrected chi connectivity index (χ4v) is 1.97. The highest BCUT2D eigenvalue weighted by molar-refractivity contribution is 5.94. The summed E-state index contributed by atoms with van der Waals surface area (Å²) in [6.45, 7) is 2.64. The third kappa shape index (κ3) is 3.60. The Morgan fingerprint density at radius 2 is 2.30 bits per heavy atom. The van der Waals surface area contributed by atoms with E-state index in [-0.39, 0.29) is 5.91 Å². The molecule has 1 amide bonds. The second kappa shape index (κ2) is 6.75. The molecule has 0 spiro atoms. The third-order valence-corrected chi connectivity index (χ3v) is 3.17. The average molecular weight is 273 g/mol. The van der Waals surface area contributed by atoms with Crippen LogP contribution in [0.5, 0.6) is 5.75 Å². The lowest BCUT2D eigenvalue weighted by atomic mass is 10.1. The summed E-state index contributed by atoms with van der Waals surface area (Å²) in [6, 6.07) is 7.13. The van der Waals surface area contributed by atoms with Crippen LogP contribution in [0.4, 0.5) is 0 Å². The number of hydrogen-bond donors (Lipinski definition) is 2. The van der Waals surface area contributed by atoms with Crippen molar-refractivity contribution in [3.8, 4) is 5.75 Å². The van der Waals surface area contributed by atoms with Gasteiger partial charge in [-0.25, -0.2) is 0 Å². The molecule has 0 aliphatic heterocycles. The van der Waals surface area contributed by atoms with Crippen molar-refractivity contribution in [2.75, 3.05) is 13.7 Å². The molecule has 2 aromatic rings. The van der Waals surface area contributed by atoms with Crippen LogP contribution in [0.25, 0.3) is 0 Å². The quantitative estimate of drug-likeness (QED) is 0.792. The van der Waals surface area contributed by atoms with Gasteiger partial charge in [0.2, 0.25) is 0 Å². The van der Waals surface area contributed by atoms with E-state index in [1.807, 2.05) is 25.3 Å². The molecule has 5 nitrogen and oxygen atoms in total. The molecule has 0 saturated carbocycles. The van der Waals surface area contributed by atoms with Crippen LogP contribution < -0.4 is 10.1 Å². The largest absolute Gasteiger partial charge is 0.497 e. The lowest BCUT2D eigenvalue weighted by molar-refractivity contribution is 0.0953. The van der Waals surface area contributed by atoms with Crippen LogP contribution in [0.15, 0.2) is 30.5 Å². The number of carbonyl (C=O) groups excluding carboxylic acids is 1. The number of nitrogens with one attached hydrogen (secondary N) is 2. The zero-order valence-electron chi connectivity index (χ0n) is 11.8. The maximum absolute atomic E-state index is 12.0. The van der Waals surface area contributed by atoms with Crippen molar-refractivity contribution in [1.82, 2.24) is 15.5 Å². The maximum atomic E-state index is 12.0. The van der Waals surface area contributed by atoms with Crippen LogP contribution >= 0.6 is 0 Å². The Balaban J connectivity index is 1.79. The second-order valence-corrected chi connectivity index (χ2v) is 4.61. The lowest BCUT2D eigenvalue weighted by Gasteiger charge is -2.06. The molecule has 0 bridgehead atoms. The van der Waals surface area contributed by atoms with Crippen molar-refractivity contribution in [2.24, 2.45) is 0 Å². The second-order valence-electron chi connectivity index (χ2n) is 4.61. The molecular formula is C15H19N3O2. The molecule has 1 aromatic heterocycles. The fraction of sp³-hybridized carbons (Fsp3) is 0.333. The van der Waals surface area contributed by atoms with Crippen LogP contribution in [-0.4, -0.2) is 29.8 Å². The molecule has 0 unspecified atom stereocenters. The van der Waals surface area contributed by atoms with E-state index >= 15 is 0 Å². The van der Waals surface area contributed by atoms with E-state index < -0.39 is 0 Å². The first-order chi connectivity index (χ1) is 9.70. The minimum absolute atomic E-state index is 0.0761. The summed E-state index contributed by atoms with van der Waals surface area (Å²) >= 11 is 0. The summed E-state index contributed by atoms with van der Waals surface area (Å²) in [7, 11) is 1.59. The maximum Gasteiger partial charge on any atom is 0.251 e. The van der Waals surface area contributed by atoms with Crippen LogP contribution in [-0.2, 0) is 6.42 Å². The predicted octanol–water partition coefficient (Wildman–Crippen LogP) is 2.09. The van der Waals surface area contributed by atoms with Gasteiger partial charge in [0.15, 0.2) is 0 Å². The summed E-state index contributed by atoms with van der Waals surface area (Å²) in [6.07, 6.45) is 3.62. The Morgan fingerprint density at radius 1 is 1.45 bits per heavy atom. The number of ether oxygens (including phenoxy) is 1. The van der Waals surface area contributed by atoms with Crippen molar-refractivity contribution >= 4 is 5.91 Å². The van der Waals surface area contributed by atoms with Crippen molar-refractivity contribution in [3.63, 3.8) is 0 Å². The standard InChI is InChI=1S/C15H19N3O2/c1-11-13(10-17-18-11)6-4-8-16-15(19)12-5-3-7-14(9-12)20-2/h3,5,7,9-10H,4,6,8H2,1-2H3,(H,16,19)(H,17,18). The first-order valence-electron chi connectivity index (χ1n) is 6.62. The van der Waals surface area contributed by atoms with Gasteiger partial charge in [-0.2, -0.15) is 5.10 Å². The van der Waals surface area contributed by atoms with Crippen molar-refractivity contribution in [1.29, 1.82) is 0 Å². The summed E-state index contributed by atoms with van der Waals surface area (Å²) < 4.78 is 5.10. The van der Waals surface area contributed by atoms with Crippen molar-refractivity contribution in [2.45, 2.75) is 19.8 Å². The van der Waals surface area contributed by atoms with Gasteiger partial charge in [-0.05, 0) is 43.5 Å². The average Bonchev–Trinajstić information content (AvgIpc) is 2.89. The van der Waals surface area contributed by atoms with Crippen LogP contribution in [0.1, 0.15) is 28.0 Å². The number of H-pyrrole nitrogens is 1. The molecule has 2 rings (SSSR count). The fourth-order valence-electron chi connectivity index (χ4n) is 1.97. The highest BCUT2D eigenvalue weighted by Crippen LogP contribution is 2.12. The number of benzene rings is 1.